The second kappa shape index (κ2) is 7.30. The minimum Gasteiger partial charge on any atom is -0.351 e. The highest BCUT2D eigenvalue weighted by Gasteiger charge is 2.14. The van der Waals surface area contributed by atoms with E-state index in [0.717, 1.165) is 29.4 Å². The van der Waals surface area contributed by atoms with Crippen LogP contribution in [0.25, 0.3) is 10.9 Å². The Bertz CT molecular complexity index is 823. The first-order chi connectivity index (χ1) is 11.7. The van der Waals surface area contributed by atoms with Gasteiger partial charge in [0.05, 0.1) is 11.2 Å². The van der Waals surface area contributed by atoms with Crippen LogP contribution in [0.5, 0.6) is 0 Å². The lowest BCUT2D eigenvalue weighted by molar-refractivity contribution is -0.122. The molecule has 0 saturated heterocycles. The Morgan fingerprint density at radius 3 is 2.58 bits per heavy atom. The van der Waals surface area contributed by atoms with Crippen LogP contribution in [0.3, 0.4) is 0 Å². The number of carbonyl (C=O) groups excluding carboxylic acids is 1. The lowest BCUT2D eigenvalue weighted by atomic mass is 10.0. The highest BCUT2D eigenvalue weighted by molar-refractivity contribution is 5.84. The van der Waals surface area contributed by atoms with Crippen molar-refractivity contribution in [2.24, 2.45) is 0 Å². The van der Waals surface area contributed by atoms with Crippen LogP contribution in [-0.4, -0.2) is 21.7 Å². The van der Waals surface area contributed by atoms with E-state index < -0.39 is 0 Å². The normalized spacial score (nSPS) is 12.2. The summed E-state index contributed by atoms with van der Waals surface area (Å²) in [5.74, 6) is 0.00559. The molecule has 0 saturated carbocycles. The molecular formula is C20H23N3O. The smallest absolute Gasteiger partial charge is 0.241 e. The molecule has 0 aliphatic heterocycles. The Kier molecular flexibility index (Phi) is 4.94. The molecule has 3 rings (SSSR count). The zero-order valence-corrected chi connectivity index (χ0v) is 14.2. The molecule has 2 aromatic carbocycles. The topological polar surface area (TPSA) is 46.9 Å². The zero-order valence-electron chi connectivity index (χ0n) is 14.2. The van der Waals surface area contributed by atoms with E-state index in [1.165, 1.54) is 5.56 Å². The number of aryl methyl sites for hydroxylation is 1. The van der Waals surface area contributed by atoms with Gasteiger partial charge < -0.3 is 5.32 Å². The maximum Gasteiger partial charge on any atom is 0.241 e. The molecule has 1 atom stereocenters. The number of para-hydroxylation sites is 1. The largest absolute Gasteiger partial charge is 0.351 e. The third-order valence-corrected chi connectivity index (χ3v) is 4.32. The minimum absolute atomic E-state index is 0.00559. The van der Waals surface area contributed by atoms with Crippen LogP contribution < -0.4 is 5.32 Å². The van der Waals surface area contributed by atoms with E-state index >= 15 is 0 Å². The summed E-state index contributed by atoms with van der Waals surface area (Å²) in [4.78, 5) is 12.5. The number of rotatable bonds is 6. The summed E-state index contributed by atoms with van der Waals surface area (Å²) in [5.41, 5.74) is 3.20. The van der Waals surface area contributed by atoms with Gasteiger partial charge in [0.15, 0.2) is 0 Å². The number of nitrogens with one attached hydrogen (secondary N) is 1. The SMILES string of the molecule is CC[C@@H](Cc1ccccc1)NC(=O)Cn1nc(C)c2ccccc21. The fraction of sp³-hybridized carbons (Fsp3) is 0.300. The fourth-order valence-corrected chi connectivity index (χ4v) is 3.02. The molecule has 1 heterocycles. The molecule has 0 aliphatic carbocycles. The van der Waals surface area contributed by atoms with Crippen molar-refractivity contribution in [1.82, 2.24) is 15.1 Å². The summed E-state index contributed by atoms with van der Waals surface area (Å²) in [6, 6.07) is 18.4. The highest BCUT2D eigenvalue weighted by atomic mass is 16.2. The first-order valence-corrected chi connectivity index (χ1v) is 8.42. The summed E-state index contributed by atoms with van der Waals surface area (Å²) in [7, 11) is 0. The molecule has 0 radical (unpaired) electrons. The average Bonchev–Trinajstić information content (AvgIpc) is 2.91. The molecule has 0 spiro atoms. The van der Waals surface area contributed by atoms with E-state index in [-0.39, 0.29) is 18.5 Å². The second-order valence-electron chi connectivity index (χ2n) is 6.12. The van der Waals surface area contributed by atoms with Gasteiger partial charge in [0, 0.05) is 11.4 Å². The van der Waals surface area contributed by atoms with Gasteiger partial charge in [-0.25, -0.2) is 0 Å². The van der Waals surface area contributed by atoms with Gasteiger partial charge in [-0.15, -0.1) is 0 Å². The van der Waals surface area contributed by atoms with Crippen LogP contribution in [0.2, 0.25) is 0 Å². The predicted molar refractivity (Wildman–Crippen MR) is 96.8 cm³/mol. The van der Waals surface area contributed by atoms with E-state index in [2.05, 4.69) is 29.5 Å². The molecule has 3 aromatic rings. The summed E-state index contributed by atoms with van der Waals surface area (Å²) < 4.78 is 1.79. The highest BCUT2D eigenvalue weighted by Crippen LogP contribution is 2.17. The van der Waals surface area contributed by atoms with Gasteiger partial charge in [-0.3, -0.25) is 9.48 Å². The average molecular weight is 321 g/mol. The number of hydrogen-bond donors (Lipinski definition) is 1. The van der Waals surface area contributed by atoms with Gasteiger partial charge in [-0.05, 0) is 31.4 Å². The molecule has 1 aromatic heterocycles. The molecule has 4 nitrogen and oxygen atoms in total. The van der Waals surface area contributed by atoms with Crippen molar-refractivity contribution in [1.29, 1.82) is 0 Å². The molecule has 0 fully saturated rings. The molecular weight excluding hydrogens is 298 g/mol. The monoisotopic (exact) mass is 321 g/mol. The number of carbonyl (C=O) groups is 1. The van der Waals surface area contributed by atoms with Crippen molar-refractivity contribution in [3.8, 4) is 0 Å². The summed E-state index contributed by atoms with van der Waals surface area (Å²) in [5, 5.41) is 8.74. The molecule has 0 aliphatic rings. The van der Waals surface area contributed by atoms with Crippen LogP contribution in [-0.2, 0) is 17.8 Å². The Morgan fingerprint density at radius 1 is 1.12 bits per heavy atom. The number of hydrogen-bond acceptors (Lipinski definition) is 2. The predicted octanol–water partition coefficient (Wildman–Crippen LogP) is 3.48. The summed E-state index contributed by atoms with van der Waals surface area (Å²) >= 11 is 0. The van der Waals surface area contributed by atoms with Gasteiger partial charge in [-0.1, -0.05) is 55.5 Å². The van der Waals surface area contributed by atoms with Gasteiger partial charge in [0.25, 0.3) is 0 Å². The maximum atomic E-state index is 12.5. The number of benzene rings is 2. The maximum absolute atomic E-state index is 12.5. The number of fused-ring (bicyclic) bond motifs is 1. The van der Waals surface area contributed by atoms with Crippen LogP contribution >= 0.6 is 0 Å². The number of aromatic nitrogens is 2. The lowest BCUT2D eigenvalue weighted by Gasteiger charge is -2.17. The minimum atomic E-state index is 0.00559. The van der Waals surface area contributed by atoms with Crippen LogP contribution in [0.15, 0.2) is 54.6 Å². The Balaban J connectivity index is 1.67. The van der Waals surface area contributed by atoms with Crippen LogP contribution in [0.1, 0.15) is 24.6 Å². The van der Waals surface area contributed by atoms with Gasteiger partial charge in [0.2, 0.25) is 5.91 Å². The third-order valence-electron chi connectivity index (χ3n) is 4.32. The molecule has 0 unspecified atom stereocenters. The van der Waals surface area contributed by atoms with Gasteiger partial charge in [-0.2, -0.15) is 5.10 Å². The van der Waals surface area contributed by atoms with Crippen molar-refractivity contribution < 1.29 is 4.79 Å². The molecule has 124 valence electrons. The van der Waals surface area contributed by atoms with Crippen LogP contribution in [0.4, 0.5) is 0 Å². The fourth-order valence-electron chi connectivity index (χ4n) is 3.02. The summed E-state index contributed by atoms with van der Waals surface area (Å²) in [6.07, 6.45) is 1.75. The van der Waals surface area contributed by atoms with Gasteiger partial charge >= 0.3 is 0 Å². The van der Waals surface area contributed by atoms with Gasteiger partial charge in [0.1, 0.15) is 6.54 Å². The van der Waals surface area contributed by atoms with Crippen molar-refractivity contribution >= 4 is 16.8 Å². The standard InChI is InChI=1S/C20H23N3O/c1-3-17(13-16-9-5-4-6-10-16)21-20(24)14-23-19-12-8-7-11-18(19)15(2)22-23/h4-12,17H,3,13-14H2,1-2H3,(H,21,24)/t17-/m0/s1. The second-order valence-corrected chi connectivity index (χ2v) is 6.12. The van der Waals surface area contributed by atoms with Crippen molar-refractivity contribution in [2.75, 3.05) is 0 Å². The first-order valence-electron chi connectivity index (χ1n) is 8.42. The Hall–Kier alpha value is -2.62. The number of amides is 1. The Labute approximate surface area is 142 Å². The quantitative estimate of drug-likeness (QED) is 0.755. The third kappa shape index (κ3) is 3.65. The molecule has 0 bridgehead atoms. The van der Waals surface area contributed by atoms with Crippen molar-refractivity contribution in [2.45, 2.75) is 39.3 Å². The summed E-state index contributed by atoms with van der Waals surface area (Å²) in [6.45, 7) is 4.32. The number of nitrogens with zero attached hydrogens (tertiary/aromatic N) is 2. The van der Waals surface area contributed by atoms with E-state index in [1.54, 1.807) is 4.68 Å². The molecule has 24 heavy (non-hydrogen) atoms. The van der Waals surface area contributed by atoms with E-state index in [4.69, 9.17) is 0 Å². The van der Waals surface area contributed by atoms with Crippen molar-refractivity contribution in [3.63, 3.8) is 0 Å². The molecule has 1 amide bonds. The molecule has 1 N–H and O–H groups in total. The molecule has 4 heteroatoms. The Morgan fingerprint density at radius 2 is 1.83 bits per heavy atom. The van der Waals surface area contributed by atoms with E-state index in [0.29, 0.717) is 0 Å². The van der Waals surface area contributed by atoms with Crippen LogP contribution in [0, 0.1) is 6.92 Å². The van der Waals surface area contributed by atoms with Crippen molar-refractivity contribution in [3.05, 3.63) is 65.9 Å². The zero-order chi connectivity index (χ0) is 16.9. The van der Waals surface area contributed by atoms with E-state index in [1.807, 2.05) is 49.4 Å². The van der Waals surface area contributed by atoms with E-state index in [9.17, 15) is 4.79 Å². The lowest BCUT2D eigenvalue weighted by Crippen LogP contribution is -2.38. The first kappa shape index (κ1) is 16.2.